The van der Waals surface area contributed by atoms with Crippen molar-refractivity contribution in [3.8, 4) is 5.75 Å². The molecule has 1 atom stereocenters. The third kappa shape index (κ3) is 9.38. The molecule has 3 N–H and O–H groups in total. The standard InChI is InChI=1S/C21H28FN5O2.HI/c1-4-17(29-18-9-6-8-16(22)13-18)14-25-21(23-3)24-12-11-20(28)27-19-10-5-7-15(2)26-19;/h5-10,13,17H,4,11-12,14H2,1-3H3,(H2,23,24,25)(H,26,27,28);1H. The van der Waals surface area contributed by atoms with Gasteiger partial charge < -0.3 is 20.7 Å². The maximum absolute atomic E-state index is 13.3. The number of aromatic nitrogens is 1. The first-order chi connectivity index (χ1) is 14.0. The number of nitrogens with one attached hydrogen (secondary N) is 3. The minimum atomic E-state index is -0.332. The fourth-order valence-electron chi connectivity index (χ4n) is 2.55. The third-order valence-electron chi connectivity index (χ3n) is 4.08. The van der Waals surface area contributed by atoms with E-state index in [-0.39, 0.29) is 48.2 Å². The molecule has 0 aliphatic rings. The fraction of sp³-hybridized carbons (Fsp3) is 0.381. The molecule has 1 amide bonds. The SMILES string of the molecule is CCC(CNC(=NC)NCCC(=O)Nc1cccc(C)n1)Oc1cccc(F)c1.I. The second-order valence-corrected chi connectivity index (χ2v) is 6.45. The zero-order valence-electron chi connectivity index (χ0n) is 17.4. The van der Waals surface area contributed by atoms with Gasteiger partial charge in [0.25, 0.3) is 0 Å². The van der Waals surface area contributed by atoms with E-state index < -0.39 is 0 Å². The first kappa shape index (κ1) is 25.6. The Morgan fingerprint density at radius 2 is 2.00 bits per heavy atom. The van der Waals surface area contributed by atoms with E-state index in [9.17, 15) is 9.18 Å². The average molecular weight is 529 g/mol. The number of rotatable bonds is 9. The van der Waals surface area contributed by atoms with Gasteiger partial charge in [-0.2, -0.15) is 0 Å². The number of aliphatic imine (C=N–C) groups is 1. The lowest BCUT2D eigenvalue weighted by atomic mass is 10.2. The molecule has 0 saturated carbocycles. The number of guanidine groups is 1. The average Bonchev–Trinajstić information content (AvgIpc) is 2.69. The summed E-state index contributed by atoms with van der Waals surface area (Å²) in [5.74, 6) is 1.13. The maximum Gasteiger partial charge on any atom is 0.227 e. The van der Waals surface area contributed by atoms with Crippen molar-refractivity contribution < 1.29 is 13.9 Å². The predicted octanol–water partition coefficient (Wildman–Crippen LogP) is 3.50. The van der Waals surface area contributed by atoms with Gasteiger partial charge in [-0.15, -0.1) is 24.0 Å². The number of ether oxygens (including phenoxy) is 1. The summed E-state index contributed by atoms with van der Waals surface area (Å²) in [7, 11) is 1.65. The molecule has 0 fully saturated rings. The van der Waals surface area contributed by atoms with Gasteiger partial charge in [0.1, 0.15) is 23.5 Å². The molecule has 1 heterocycles. The van der Waals surface area contributed by atoms with Crippen LogP contribution < -0.4 is 20.7 Å². The molecule has 1 aromatic carbocycles. The van der Waals surface area contributed by atoms with E-state index in [2.05, 4.69) is 25.9 Å². The Bertz CT molecular complexity index is 835. The van der Waals surface area contributed by atoms with Crippen molar-refractivity contribution in [3.05, 3.63) is 54.0 Å². The zero-order valence-corrected chi connectivity index (χ0v) is 19.8. The van der Waals surface area contributed by atoms with Gasteiger partial charge in [0.15, 0.2) is 5.96 Å². The van der Waals surface area contributed by atoms with E-state index in [0.717, 1.165) is 12.1 Å². The van der Waals surface area contributed by atoms with E-state index in [0.29, 0.717) is 30.6 Å². The first-order valence-corrected chi connectivity index (χ1v) is 9.60. The highest BCUT2D eigenvalue weighted by Crippen LogP contribution is 2.14. The Labute approximate surface area is 193 Å². The lowest BCUT2D eigenvalue weighted by Gasteiger charge is -2.20. The van der Waals surface area contributed by atoms with E-state index in [1.165, 1.54) is 12.1 Å². The summed E-state index contributed by atoms with van der Waals surface area (Å²) in [5.41, 5.74) is 0.844. The highest BCUT2D eigenvalue weighted by molar-refractivity contribution is 14.0. The van der Waals surface area contributed by atoms with Gasteiger partial charge >= 0.3 is 0 Å². The quantitative estimate of drug-likeness (QED) is 0.263. The third-order valence-corrected chi connectivity index (χ3v) is 4.08. The Hall–Kier alpha value is -2.43. The molecule has 9 heteroatoms. The van der Waals surface area contributed by atoms with Gasteiger partial charge in [-0.1, -0.05) is 19.1 Å². The van der Waals surface area contributed by atoms with Gasteiger partial charge in [0.2, 0.25) is 5.91 Å². The van der Waals surface area contributed by atoms with Crippen LogP contribution in [0.1, 0.15) is 25.5 Å². The smallest absolute Gasteiger partial charge is 0.227 e. The van der Waals surface area contributed by atoms with Crippen molar-refractivity contribution in [3.63, 3.8) is 0 Å². The van der Waals surface area contributed by atoms with Gasteiger partial charge in [-0.05, 0) is 37.6 Å². The summed E-state index contributed by atoms with van der Waals surface area (Å²) in [6.45, 7) is 4.77. The van der Waals surface area contributed by atoms with Crippen LogP contribution in [0.4, 0.5) is 10.2 Å². The van der Waals surface area contributed by atoms with E-state index in [1.807, 2.05) is 26.0 Å². The molecular weight excluding hydrogens is 500 g/mol. The van der Waals surface area contributed by atoms with Crippen LogP contribution in [0.2, 0.25) is 0 Å². The molecule has 164 valence electrons. The second kappa shape index (κ2) is 13.7. The highest BCUT2D eigenvalue weighted by atomic mass is 127. The lowest BCUT2D eigenvalue weighted by Crippen LogP contribution is -2.43. The summed E-state index contributed by atoms with van der Waals surface area (Å²) >= 11 is 0. The molecule has 0 spiro atoms. The molecule has 1 unspecified atom stereocenters. The molecule has 0 aliphatic heterocycles. The van der Waals surface area contributed by atoms with Crippen LogP contribution in [0.3, 0.4) is 0 Å². The van der Waals surface area contributed by atoms with Gasteiger partial charge in [0.05, 0.1) is 6.54 Å². The number of carbonyl (C=O) groups excluding carboxylic acids is 1. The summed E-state index contributed by atoms with van der Waals surface area (Å²) < 4.78 is 19.1. The number of pyridine rings is 1. The highest BCUT2D eigenvalue weighted by Gasteiger charge is 2.10. The van der Waals surface area contributed by atoms with Crippen LogP contribution in [0.25, 0.3) is 0 Å². The number of halogens is 2. The van der Waals surface area contributed by atoms with E-state index in [1.54, 1.807) is 25.2 Å². The van der Waals surface area contributed by atoms with E-state index >= 15 is 0 Å². The molecule has 0 saturated heterocycles. The van der Waals surface area contributed by atoms with Crippen molar-refractivity contribution in [1.29, 1.82) is 0 Å². The molecule has 0 radical (unpaired) electrons. The molecule has 2 aromatic rings. The van der Waals surface area contributed by atoms with Crippen molar-refractivity contribution in [2.75, 3.05) is 25.5 Å². The normalized spacial score (nSPS) is 11.8. The summed E-state index contributed by atoms with van der Waals surface area (Å²) in [6, 6.07) is 11.5. The molecule has 0 aliphatic carbocycles. The van der Waals surface area contributed by atoms with Crippen molar-refractivity contribution in [2.45, 2.75) is 32.8 Å². The number of benzene rings is 1. The van der Waals surface area contributed by atoms with Gasteiger partial charge in [0, 0.05) is 31.8 Å². The summed E-state index contributed by atoms with van der Waals surface area (Å²) in [5, 5.41) is 9.02. The van der Waals surface area contributed by atoms with Crippen LogP contribution in [0, 0.1) is 12.7 Å². The monoisotopic (exact) mass is 529 g/mol. The molecule has 7 nitrogen and oxygen atoms in total. The Kier molecular flexibility index (Phi) is 11.7. The fourth-order valence-corrected chi connectivity index (χ4v) is 2.55. The largest absolute Gasteiger partial charge is 0.489 e. The Balaban J connectivity index is 0.00000450. The number of amides is 1. The lowest BCUT2D eigenvalue weighted by molar-refractivity contribution is -0.116. The maximum atomic E-state index is 13.3. The zero-order chi connectivity index (χ0) is 21.1. The molecule has 0 bridgehead atoms. The minimum absolute atomic E-state index is 0. The van der Waals surface area contributed by atoms with Crippen LogP contribution in [-0.2, 0) is 4.79 Å². The van der Waals surface area contributed by atoms with Crippen molar-refractivity contribution in [1.82, 2.24) is 15.6 Å². The Morgan fingerprint density at radius 3 is 2.67 bits per heavy atom. The number of hydrogen-bond acceptors (Lipinski definition) is 4. The van der Waals surface area contributed by atoms with Crippen molar-refractivity contribution in [2.24, 2.45) is 4.99 Å². The minimum Gasteiger partial charge on any atom is -0.489 e. The number of anilines is 1. The topological polar surface area (TPSA) is 87.6 Å². The number of nitrogens with zero attached hydrogens (tertiary/aromatic N) is 2. The van der Waals surface area contributed by atoms with Crippen LogP contribution in [0.5, 0.6) is 5.75 Å². The predicted molar refractivity (Wildman–Crippen MR) is 128 cm³/mol. The number of hydrogen-bond donors (Lipinski definition) is 3. The van der Waals surface area contributed by atoms with E-state index in [4.69, 9.17) is 4.74 Å². The van der Waals surface area contributed by atoms with Gasteiger partial charge in [-0.25, -0.2) is 9.37 Å². The summed E-state index contributed by atoms with van der Waals surface area (Å²) in [6.07, 6.45) is 0.866. The second-order valence-electron chi connectivity index (χ2n) is 6.45. The molecule has 30 heavy (non-hydrogen) atoms. The number of aryl methyl sites for hydroxylation is 1. The van der Waals surface area contributed by atoms with Crippen LogP contribution in [-0.4, -0.2) is 43.1 Å². The Morgan fingerprint density at radius 1 is 1.23 bits per heavy atom. The van der Waals surface area contributed by atoms with Crippen LogP contribution in [0.15, 0.2) is 47.5 Å². The summed E-state index contributed by atoms with van der Waals surface area (Å²) in [4.78, 5) is 20.4. The molecular formula is C21H29FIN5O2. The molecule has 1 aromatic heterocycles. The van der Waals surface area contributed by atoms with Crippen molar-refractivity contribution >= 4 is 41.7 Å². The molecule has 2 rings (SSSR count). The van der Waals surface area contributed by atoms with Crippen LogP contribution >= 0.6 is 24.0 Å². The number of carbonyl (C=O) groups is 1. The van der Waals surface area contributed by atoms with Gasteiger partial charge in [-0.3, -0.25) is 9.79 Å². The first-order valence-electron chi connectivity index (χ1n) is 9.60.